The highest BCUT2D eigenvalue weighted by Crippen LogP contribution is 2.34. The van der Waals surface area contributed by atoms with E-state index in [0.29, 0.717) is 6.04 Å². The van der Waals surface area contributed by atoms with E-state index in [1.165, 1.54) is 16.7 Å². The van der Waals surface area contributed by atoms with Crippen molar-refractivity contribution in [2.75, 3.05) is 5.73 Å². The number of anilines is 1. The number of aryl methyl sites for hydroxylation is 2. The largest absolute Gasteiger partial charge is 0.399 e. The van der Waals surface area contributed by atoms with Crippen molar-refractivity contribution in [2.45, 2.75) is 39.9 Å². The maximum absolute atomic E-state index is 5.85. The third kappa shape index (κ3) is 2.02. The first-order valence-electron chi connectivity index (χ1n) is 6.60. The standard InChI is InChI=1S/C15H19N3O/c1-9-15(11(3)19-17-9)10(2)18-7-12-4-5-14(16)6-13(12)8-18/h4-6,10H,7-8,16H2,1-3H3. The van der Waals surface area contributed by atoms with Gasteiger partial charge in [0.25, 0.3) is 0 Å². The molecule has 0 bridgehead atoms. The van der Waals surface area contributed by atoms with E-state index in [9.17, 15) is 0 Å². The molecule has 4 heteroatoms. The van der Waals surface area contributed by atoms with Crippen LogP contribution >= 0.6 is 0 Å². The molecule has 1 atom stereocenters. The fourth-order valence-electron chi connectivity index (χ4n) is 2.98. The number of hydrogen-bond donors (Lipinski definition) is 1. The van der Waals surface area contributed by atoms with Crippen molar-refractivity contribution in [3.05, 3.63) is 46.3 Å². The Morgan fingerprint density at radius 2 is 2.00 bits per heavy atom. The summed E-state index contributed by atoms with van der Waals surface area (Å²) >= 11 is 0. The Bertz CT molecular complexity index is 598. The van der Waals surface area contributed by atoms with Gasteiger partial charge in [0, 0.05) is 30.4 Å². The molecule has 1 aromatic carbocycles. The highest BCUT2D eigenvalue weighted by Gasteiger charge is 2.27. The number of fused-ring (bicyclic) bond motifs is 1. The van der Waals surface area contributed by atoms with Crippen LogP contribution in [-0.2, 0) is 13.1 Å². The zero-order chi connectivity index (χ0) is 13.6. The van der Waals surface area contributed by atoms with Gasteiger partial charge in [0.2, 0.25) is 0 Å². The number of benzene rings is 1. The summed E-state index contributed by atoms with van der Waals surface area (Å²) in [6.45, 7) is 8.09. The second-order valence-corrected chi connectivity index (χ2v) is 5.35. The number of hydrogen-bond acceptors (Lipinski definition) is 4. The molecule has 2 heterocycles. The van der Waals surface area contributed by atoms with Gasteiger partial charge >= 0.3 is 0 Å². The Labute approximate surface area is 113 Å². The Hall–Kier alpha value is -1.81. The van der Waals surface area contributed by atoms with Crippen molar-refractivity contribution >= 4 is 5.69 Å². The van der Waals surface area contributed by atoms with Gasteiger partial charge in [0.15, 0.2) is 0 Å². The molecule has 100 valence electrons. The first-order valence-corrected chi connectivity index (χ1v) is 6.60. The van der Waals surface area contributed by atoms with Gasteiger partial charge in [0.1, 0.15) is 5.76 Å². The number of aromatic nitrogens is 1. The highest BCUT2D eigenvalue weighted by atomic mass is 16.5. The molecule has 1 aromatic heterocycles. The fourth-order valence-corrected chi connectivity index (χ4v) is 2.98. The summed E-state index contributed by atoms with van der Waals surface area (Å²) in [5.41, 5.74) is 11.6. The van der Waals surface area contributed by atoms with E-state index in [-0.39, 0.29) is 0 Å². The van der Waals surface area contributed by atoms with E-state index >= 15 is 0 Å². The molecule has 0 spiro atoms. The Balaban J connectivity index is 1.87. The minimum atomic E-state index is 0.305. The molecule has 1 unspecified atom stereocenters. The van der Waals surface area contributed by atoms with Crippen LogP contribution < -0.4 is 5.73 Å². The van der Waals surface area contributed by atoms with E-state index in [2.05, 4.69) is 29.1 Å². The predicted octanol–water partition coefficient (Wildman–Crippen LogP) is 2.95. The minimum Gasteiger partial charge on any atom is -0.399 e. The maximum Gasteiger partial charge on any atom is 0.138 e. The van der Waals surface area contributed by atoms with Gasteiger partial charge < -0.3 is 10.3 Å². The molecule has 0 saturated heterocycles. The van der Waals surface area contributed by atoms with Gasteiger partial charge in [0.05, 0.1) is 5.69 Å². The highest BCUT2D eigenvalue weighted by molar-refractivity contribution is 5.46. The lowest BCUT2D eigenvalue weighted by atomic mass is 10.1. The van der Waals surface area contributed by atoms with Crippen LogP contribution in [0.3, 0.4) is 0 Å². The Morgan fingerprint density at radius 1 is 1.26 bits per heavy atom. The lowest BCUT2D eigenvalue weighted by Crippen LogP contribution is -2.21. The molecule has 2 N–H and O–H groups in total. The normalized spacial score (nSPS) is 16.6. The van der Waals surface area contributed by atoms with Crippen molar-refractivity contribution in [1.82, 2.24) is 10.1 Å². The third-order valence-electron chi connectivity index (χ3n) is 4.03. The molecule has 1 aliphatic heterocycles. The lowest BCUT2D eigenvalue weighted by Gasteiger charge is -2.23. The average molecular weight is 257 g/mol. The number of nitrogens with zero attached hydrogens (tertiary/aromatic N) is 2. The second-order valence-electron chi connectivity index (χ2n) is 5.35. The fraction of sp³-hybridized carbons (Fsp3) is 0.400. The van der Waals surface area contributed by atoms with E-state index in [0.717, 1.165) is 30.2 Å². The third-order valence-corrected chi connectivity index (χ3v) is 4.03. The van der Waals surface area contributed by atoms with Crippen LogP contribution in [-0.4, -0.2) is 10.1 Å². The first-order chi connectivity index (χ1) is 9.06. The minimum absolute atomic E-state index is 0.305. The lowest BCUT2D eigenvalue weighted by molar-refractivity contribution is 0.212. The van der Waals surface area contributed by atoms with Gasteiger partial charge in [-0.1, -0.05) is 11.2 Å². The monoisotopic (exact) mass is 257 g/mol. The molecule has 1 aliphatic rings. The number of nitrogens with two attached hydrogens (primary N) is 1. The molecule has 0 radical (unpaired) electrons. The van der Waals surface area contributed by atoms with E-state index < -0.39 is 0 Å². The average Bonchev–Trinajstić information content (AvgIpc) is 2.92. The van der Waals surface area contributed by atoms with E-state index in [1.807, 2.05) is 19.9 Å². The van der Waals surface area contributed by atoms with Gasteiger partial charge in [-0.2, -0.15) is 0 Å². The van der Waals surface area contributed by atoms with Crippen molar-refractivity contribution in [3.8, 4) is 0 Å². The summed E-state index contributed by atoms with van der Waals surface area (Å²) in [6.07, 6.45) is 0. The summed E-state index contributed by atoms with van der Waals surface area (Å²) in [7, 11) is 0. The SMILES string of the molecule is Cc1noc(C)c1C(C)N1Cc2ccc(N)cc2C1. The van der Waals surface area contributed by atoms with Crippen LogP contribution in [0.15, 0.2) is 22.7 Å². The first kappa shape index (κ1) is 12.2. The van der Waals surface area contributed by atoms with E-state index in [4.69, 9.17) is 10.3 Å². The summed E-state index contributed by atoms with van der Waals surface area (Å²) in [5, 5.41) is 4.05. The van der Waals surface area contributed by atoms with Gasteiger partial charge in [-0.15, -0.1) is 0 Å². The van der Waals surface area contributed by atoms with Crippen molar-refractivity contribution in [3.63, 3.8) is 0 Å². The molecule has 3 rings (SSSR count). The second kappa shape index (κ2) is 4.38. The summed E-state index contributed by atoms with van der Waals surface area (Å²) in [6, 6.07) is 6.49. The van der Waals surface area contributed by atoms with Gasteiger partial charge in [-0.3, -0.25) is 4.90 Å². The summed E-state index contributed by atoms with van der Waals surface area (Å²) in [4.78, 5) is 2.43. The predicted molar refractivity (Wildman–Crippen MR) is 74.5 cm³/mol. The van der Waals surface area contributed by atoms with Crippen LogP contribution in [0.4, 0.5) is 5.69 Å². The van der Waals surface area contributed by atoms with E-state index in [1.54, 1.807) is 0 Å². The van der Waals surface area contributed by atoms with Crippen molar-refractivity contribution < 1.29 is 4.52 Å². The summed E-state index contributed by atoms with van der Waals surface area (Å²) < 4.78 is 5.28. The van der Waals surface area contributed by atoms with Crippen LogP contribution in [0, 0.1) is 13.8 Å². The molecule has 0 saturated carbocycles. The molecule has 0 aliphatic carbocycles. The van der Waals surface area contributed by atoms with Crippen LogP contribution in [0.1, 0.15) is 41.1 Å². The molecular formula is C15H19N3O. The van der Waals surface area contributed by atoms with Gasteiger partial charge in [-0.25, -0.2) is 0 Å². The molecule has 0 amide bonds. The number of nitrogen functional groups attached to an aromatic ring is 1. The van der Waals surface area contributed by atoms with Crippen molar-refractivity contribution in [2.24, 2.45) is 0 Å². The molecule has 4 nitrogen and oxygen atoms in total. The molecule has 2 aromatic rings. The topological polar surface area (TPSA) is 55.3 Å². The quantitative estimate of drug-likeness (QED) is 0.840. The summed E-state index contributed by atoms with van der Waals surface area (Å²) in [5.74, 6) is 0.917. The molecule has 0 fully saturated rings. The van der Waals surface area contributed by atoms with Crippen molar-refractivity contribution in [1.29, 1.82) is 0 Å². The smallest absolute Gasteiger partial charge is 0.138 e. The molecular weight excluding hydrogens is 238 g/mol. The van der Waals surface area contributed by atoms with Crippen LogP contribution in [0.2, 0.25) is 0 Å². The Morgan fingerprint density at radius 3 is 2.68 bits per heavy atom. The van der Waals surface area contributed by atoms with Crippen LogP contribution in [0.25, 0.3) is 0 Å². The Kier molecular flexibility index (Phi) is 2.82. The zero-order valence-electron chi connectivity index (χ0n) is 11.6. The van der Waals surface area contributed by atoms with Crippen LogP contribution in [0.5, 0.6) is 0 Å². The molecule has 19 heavy (non-hydrogen) atoms. The van der Waals surface area contributed by atoms with Gasteiger partial charge in [-0.05, 0) is 44.0 Å². The number of rotatable bonds is 2. The maximum atomic E-state index is 5.85. The zero-order valence-corrected chi connectivity index (χ0v) is 11.6.